The van der Waals surface area contributed by atoms with Gasteiger partial charge in [-0.1, -0.05) is 6.42 Å². The average Bonchev–Trinajstić information content (AvgIpc) is 2.85. The molecule has 0 bridgehead atoms. The number of methoxy groups -OCH3 is 2. The molecule has 3 aromatic rings. The number of aromatic hydroxyl groups is 1. The Hall–Kier alpha value is -3.90. The van der Waals surface area contributed by atoms with Crippen LogP contribution in [0.3, 0.4) is 0 Å². The Bertz CT molecular complexity index is 1170. The van der Waals surface area contributed by atoms with Gasteiger partial charge >= 0.3 is 0 Å². The Morgan fingerprint density at radius 3 is 2.56 bits per heavy atom. The molecular weight excluding hydrogens is 432 g/mol. The van der Waals surface area contributed by atoms with Gasteiger partial charge in [0.2, 0.25) is 5.75 Å². The summed E-state index contributed by atoms with van der Waals surface area (Å²) in [6.07, 6.45) is 4.83. The van der Waals surface area contributed by atoms with Gasteiger partial charge in [-0.3, -0.25) is 4.90 Å². The van der Waals surface area contributed by atoms with E-state index < -0.39 is 0 Å². The summed E-state index contributed by atoms with van der Waals surface area (Å²) in [6.45, 7) is 3.49. The van der Waals surface area contributed by atoms with Crippen LogP contribution in [-0.4, -0.2) is 45.7 Å². The summed E-state index contributed by atoms with van der Waals surface area (Å²) in [4.78, 5) is 15.8. The predicted octanol–water partition coefficient (Wildman–Crippen LogP) is 4.25. The molecule has 0 spiro atoms. The van der Waals surface area contributed by atoms with E-state index in [1.807, 2.05) is 31.2 Å². The summed E-state index contributed by atoms with van der Waals surface area (Å²) in [5.74, 6) is 2.16. The monoisotopic (exact) mass is 460 g/mol. The minimum Gasteiger partial charge on any atom is -0.502 e. The maximum absolute atomic E-state index is 10.3. The number of phenolic OH excluding ortho intramolecular Hbond substituents is 1. The van der Waals surface area contributed by atoms with Gasteiger partial charge in [-0.2, -0.15) is 5.26 Å². The molecule has 3 heterocycles. The van der Waals surface area contributed by atoms with E-state index in [4.69, 9.17) is 19.7 Å². The summed E-state index contributed by atoms with van der Waals surface area (Å²) in [6, 6.07) is 11.3. The van der Waals surface area contributed by atoms with E-state index >= 15 is 0 Å². The third-order valence-electron chi connectivity index (χ3n) is 5.89. The van der Waals surface area contributed by atoms with Crippen molar-refractivity contribution in [3.63, 3.8) is 0 Å². The summed E-state index contributed by atoms with van der Waals surface area (Å²) in [5.41, 5.74) is 3.07. The fourth-order valence-corrected chi connectivity index (χ4v) is 4.30. The van der Waals surface area contributed by atoms with Crippen molar-refractivity contribution in [3.05, 3.63) is 59.3 Å². The van der Waals surface area contributed by atoms with E-state index in [0.717, 1.165) is 42.8 Å². The Morgan fingerprint density at radius 2 is 1.91 bits per heavy atom. The molecular formula is C25H28N6O3. The van der Waals surface area contributed by atoms with Crippen LogP contribution in [0, 0.1) is 18.3 Å². The molecule has 2 N–H and O–H groups in total. The largest absolute Gasteiger partial charge is 0.502 e. The standard InChI is InChI=1S/C25H28N6O3/c1-16-28-20(12-24(29-16)30-19-8-7-18(13-26)27-14-19)21-6-4-5-9-31(21)15-17-10-22(33-2)25(32)23(11-17)34-3/h7-8,10-12,14,21,32H,4-6,9,15H2,1-3H3,(H,28,29,30)/t21-/m0/s1. The number of rotatable bonds is 7. The van der Waals surface area contributed by atoms with E-state index in [9.17, 15) is 5.11 Å². The van der Waals surface area contributed by atoms with Crippen molar-refractivity contribution >= 4 is 11.5 Å². The molecule has 2 aromatic heterocycles. The molecule has 0 radical (unpaired) electrons. The number of ether oxygens (including phenoxy) is 2. The number of pyridine rings is 1. The van der Waals surface area contributed by atoms with Crippen molar-refractivity contribution in [2.45, 2.75) is 38.8 Å². The minimum absolute atomic E-state index is 0.00313. The topological polar surface area (TPSA) is 116 Å². The summed E-state index contributed by atoms with van der Waals surface area (Å²) in [7, 11) is 3.06. The number of anilines is 2. The lowest BCUT2D eigenvalue weighted by atomic mass is 9.98. The molecule has 1 aliphatic rings. The summed E-state index contributed by atoms with van der Waals surface area (Å²) < 4.78 is 10.7. The average molecular weight is 461 g/mol. The molecule has 1 saturated heterocycles. The molecule has 34 heavy (non-hydrogen) atoms. The fraction of sp³-hybridized carbons (Fsp3) is 0.360. The molecule has 9 heteroatoms. The zero-order chi connectivity index (χ0) is 24.1. The van der Waals surface area contributed by atoms with Crippen molar-refractivity contribution in [1.82, 2.24) is 19.9 Å². The lowest BCUT2D eigenvalue weighted by Crippen LogP contribution is -2.33. The molecule has 1 atom stereocenters. The molecule has 1 fully saturated rings. The maximum atomic E-state index is 10.3. The molecule has 176 valence electrons. The van der Waals surface area contributed by atoms with E-state index in [2.05, 4.69) is 20.2 Å². The van der Waals surface area contributed by atoms with Crippen molar-refractivity contribution < 1.29 is 14.6 Å². The van der Waals surface area contributed by atoms with Gasteiger partial charge in [0.05, 0.1) is 37.8 Å². The third kappa shape index (κ3) is 5.18. The van der Waals surface area contributed by atoms with Crippen LogP contribution in [0.5, 0.6) is 17.2 Å². The van der Waals surface area contributed by atoms with Crippen molar-refractivity contribution in [2.75, 3.05) is 26.1 Å². The Morgan fingerprint density at radius 1 is 1.15 bits per heavy atom. The first-order valence-electron chi connectivity index (χ1n) is 11.2. The Balaban J connectivity index is 1.59. The van der Waals surface area contributed by atoms with E-state index in [0.29, 0.717) is 35.4 Å². The van der Waals surface area contributed by atoms with Gasteiger partial charge in [-0.15, -0.1) is 0 Å². The molecule has 0 aliphatic carbocycles. The number of hydrogen-bond acceptors (Lipinski definition) is 9. The highest BCUT2D eigenvalue weighted by atomic mass is 16.5. The van der Waals surface area contributed by atoms with Crippen LogP contribution in [0.1, 0.15) is 48.1 Å². The number of benzene rings is 1. The van der Waals surface area contributed by atoms with Crippen LogP contribution in [0.2, 0.25) is 0 Å². The predicted molar refractivity (Wildman–Crippen MR) is 127 cm³/mol. The number of phenols is 1. The highest BCUT2D eigenvalue weighted by Gasteiger charge is 2.27. The lowest BCUT2D eigenvalue weighted by molar-refractivity contribution is 0.137. The molecule has 0 amide bonds. The van der Waals surface area contributed by atoms with Crippen LogP contribution >= 0.6 is 0 Å². The minimum atomic E-state index is 0.00313. The van der Waals surface area contributed by atoms with Gasteiger partial charge in [-0.25, -0.2) is 15.0 Å². The van der Waals surface area contributed by atoms with Gasteiger partial charge in [-0.05, 0) is 56.1 Å². The van der Waals surface area contributed by atoms with E-state index in [-0.39, 0.29) is 11.8 Å². The van der Waals surface area contributed by atoms with Gasteiger partial charge < -0.3 is 19.9 Å². The number of hydrogen-bond donors (Lipinski definition) is 2. The van der Waals surface area contributed by atoms with Crippen molar-refractivity contribution in [2.24, 2.45) is 0 Å². The number of aryl methyl sites for hydroxylation is 1. The number of nitrogens with zero attached hydrogens (tertiary/aromatic N) is 5. The van der Waals surface area contributed by atoms with Crippen LogP contribution < -0.4 is 14.8 Å². The highest BCUT2D eigenvalue weighted by Crippen LogP contribution is 2.39. The van der Waals surface area contributed by atoms with E-state index in [1.165, 1.54) is 14.2 Å². The summed E-state index contributed by atoms with van der Waals surface area (Å²) in [5, 5.41) is 22.5. The van der Waals surface area contributed by atoms with Crippen LogP contribution in [-0.2, 0) is 6.54 Å². The molecule has 0 unspecified atom stereocenters. The second-order valence-corrected chi connectivity index (χ2v) is 8.23. The Labute approximate surface area is 199 Å². The van der Waals surface area contributed by atoms with Crippen molar-refractivity contribution in [3.8, 4) is 23.3 Å². The fourth-order valence-electron chi connectivity index (χ4n) is 4.30. The molecule has 9 nitrogen and oxygen atoms in total. The van der Waals surface area contributed by atoms with Gasteiger partial charge in [0.1, 0.15) is 23.4 Å². The highest BCUT2D eigenvalue weighted by molar-refractivity contribution is 5.56. The van der Waals surface area contributed by atoms with Crippen molar-refractivity contribution in [1.29, 1.82) is 5.26 Å². The molecule has 1 aromatic carbocycles. The van der Waals surface area contributed by atoms with Gasteiger partial charge in [0, 0.05) is 12.6 Å². The second kappa shape index (κ2) is 10.4. The summed E-state index contributed by atoms with van der Waals surface area (Å²) >= 11 is 0. The SMILES string of the molecule is COc1cc(CN2CCCC[C@H]2c2cc(Nc3ccc(C#N)nc3)nc(C)n2)cc(OC)c1O. The molecule has 4 rings (SSSR count). The first-order valence-corrected chi connectivity index (χ1v) is 11.2. The number of nitriles is 1. The van der Waals surface area contributed by atoms with Crippen LogP contribution in [0.4, 0.5) is 11.5 Å². The van der Waals surface area contributed by atoms with Crippen LogP contribution in [0.15, 0.2) is 36.5 Å². The Kier molecular flexibility index (Phi) is 7.09. The first-order chi connectivity index (χ1) is 16.5. The lowest BCUT2D eigenvalue weighted by Gasteiger charge is -2.35. The number of likely N-dealkylation sites (tertiary alicyclic amines) is 1. The molecule has 0 saturated carbocycles. The zero-order valence-corrected chi connectivity index (χ0v) is 19.6. The van der Waals surface area contributed by atoms with E-state index in [1.54, 1.807) is 18.3 Å². The zero-order valence-electron chi connectivity index (χ0n) is 19.6. The maximum Gasteiger partial charge on any atom is 0.200 e. The first kappa shape index (κ1) is 23.3. The normalized spacial score (nSPS) is 16.0. The number of nitrogens with one attached hydrogen (secondary N) is 1. The number of aromatic nitrogens is 3. The van der Waals surface area contributed by atoms with Gasteiger partial charge in [0.25, 0.3) is 0 Å². The van der Waals surface area contributed by atoms with Crippen LogP contribution in [0.25, 0.3) is 0 Å². The molecule has 1 aliphatic heterocycles. The van der Waals surface area contributed by atoms with Gasteiger partial charge in [0.15, 0.2) is 11.5 Å². The second-order valence-electron chi connectivity index (χ2n) is 8.23. The third-order valence-corrected chi connectivity index (χ3v) is 5.89. The number of piperidine rings is 1. The smallest absolute Gasteiger partial charge is 0.200 e. The quantitative estimate of drug-likeness (QED) is 0.534.